The molecule has 1 rings (SSSR count). The monoisotopic (exact) mass is 248 g/mol. The van der Waals surface area contributed by atoms with Gasteiger partial charge in [-0.3, -0.25) is 0 Å². The van der Waals surface area contributed by atoms with Gasteiger partial charge in [-0.25, -0.2) is 0 Å². The lowest BCUT2D eigenvalue weighted by atomic mass is 10.2. The van der Waals surface area contributed by atoms with E-state index >= 15 is 0 Å². The van der Waals surface area contributed by atoms with Gasteiger partial charge in [0.05, 0.1) is 15.6 Å². The van der Waals surface area contributed by atoms with E-state index < -0.39 is 0 Å². The molecule has 0 aromatic heterocycles. The summed E-state index contributed by atoms with van der Waals surface area (Å²) in [5, 5.41) is 3.92. The standard InChI is InChI=1S/C8H7Cl2N3S/c9-6-2-1-3-7(10)5(6)4-12-13-8(11)14/h1-4H,(H3,11,13,14)/p+1. The fraction of sp³-hybridized carbons (Fsp3) is 0. The SMILES string of the molecule is NC(=S)N[NH+]=Cc1c(Cl)cccc1Cl. The minimum atomic E-state index is 0.143. The van der Waals surface area contributed by atoms with Gasteiger partial charge in [0.15, 0.2) is 0 Å². The zero-order valence-electron chi connectivity index (χ0n) is 7.05. The van der Waals surface area contributed by atoms with Crippen molar-refractivity contribution in [2.24, 2.45) is 5.73 Å². The maximum Gasteiger partial charge on any atom is 0.221 e. The Kier molecular flexibility index (Phi) is 4.13. The van der Waals surface area contributed by atoms with Crippen LogP contribution in [0.3, 0.4) is 0 Å². The summed E-state index contributed by atoms with van der Waals surface area (Å²) in [6.07, 6.45) is 1.59. The Morgan fingerprint density at radius 2 is 2.00 bits per heavy atom. The van der Waals surface area contributed by atoms with Crippen molar-refractivity contribution in [2.75, 3.05) is 0 Å². The van der Waals surface area contributed by atoms with E-state index in [0.29, 0.717) is 15.6 Å². The molecular weight excluding hydrogens is 241 g/mol. The molecule has 0 spiro atoms. The van der Waals surface area contributed by atoms with Crippen LogP contribution < -0.4 is 16.3 Å². The highest BCUT2D eigenvalue weighted by Gasteiger charge is 2.04. The summed E-state index contributed by atoms with van der Waals surface area (Å²) in [5.74, 6) is 0. The number of hydrazine groups is 1. The van der Waals surface area contributed by atoms with Gasteiger partial charge in [0.1, 0.15) is 0 Å². The first kappa shape index (κ1) is 11.2. The van der Waals surface area contributed by atoms with Crippen molar-refractivity contribution in [1.29, 1.82) is 0 Å². The summed E-state index contributed by atoms with van der Waals surface area (Å²) in [6.45, 7) is 0. The Morgan fingerprint density at radius 3 is 2.50 bits per heavy atom. The molecule has 4 N–H and O–H groups in total. The second-order valence-corrected chi connectivity index (χ2v) is 3.67. The minimum absolute atomic E-state index is 0.143. The number of nitrogens with two attached hydrogens (primary N) is 1. The topological polar surface area (TPSA) is 52.0 Å². The third-order valence-electron chi connectivity index (χ3n) is 1.41. The largest absolute Gasteiger partial charge is 0.372 e. The van der Waals surface area contributed by atoms with E-state index in [1.807, 2.05) is 0 Å². The summed E-state index contributed by atoms with van der Waals surface area (Å²) in [7, 11) is 0. The molecule has 3 nitrogen and oxygen atoms in total. The first-order valence-electron chi connectivity index (χ1n) is 3.69. The highest BCUT2D eigenvalue weighted by atomic mass is 35.5. The van der Waals surface area contributed by atoms with E-state index in [1.165, 1.54) is 0 Å². The molecule has 1 aromatic rings. The van der Waals surface area contributed by atoms with Gasteiger partial charge in [0.25, 0.3) is 0 Å². The number of benzene rings is 1. The van der Waals surface area contributed by atoms with Crippen LogP contribution in [0.2, 0.25) is 10.0 Å². The van der Waals surface area contributed by atoms with Crippen LogP contribution in [0.15, 0.2) is 18.2 Å². The van der Waals surface area contributed by atoms with Crippen molar-refractivity contribution in [3.8, 4) is 0 Å². The van der Waals surface area contributed by atoms with Crippen LogP contribution in [-0.2, 0) is 0 Å². The van der Waals surface area contributed by atoms with Crippen LogP contribution in [0.5, 0.6) is 0 Å². The molecule has 0 aliphatic carbocycles. The van der Waals surface area contributed by atoms with E-state index in [2.05, 4.69) is 22.7 Å². The zero-order valence-corrected chi connectivity index (χ0v) is 9.38. The maximum absolute atomic E-state index is 5.90. The zero-order chi connectivity index (χ0) is 10.6. The van der Waals surface area contributed by atoms with Crippen molar-refractivity contribution < 1.29 is 5.10 Å². The second kappa shape index (κ2) is 5.14. The smallest absolute Gasteiger partial charge is 0.221 e. The van der Waals surface area contributed by atoms with Gasteiger partial charge >= 0.3 is 0 Å². The van der Waals surface area contributed by atoms with Gasteiger partial charge in [0.2, 0.25) is 11.3 Å². The summed E-state index contributed by atoms with van der Waals surface area (Å²) in [4.78, 5) is 0. The average Bonchev–Trinajstić information content (AvgIpc) is 2.09. The third-order valence-corrected chi connectivity index (χ3v) is 2.17. The van der Waals surface area contributed by atoms with E-state index in [1.54, 1.807) is 24.4 Å². The number of hydrogen-bond donors (Lipinski definition) is 3. The number of hydrogen-bond acceptors (Lipinski definition) is 1. The second-order valence-electron chi connectivity index (χ2n) is 2.41. The van der Waals surface area contributed by atoms with Crippen LogP contribution in [-0.4, -0.2) is 11.3 Å². The number of nitrogens with one attached hydrogen (secondary N) is 2. The maximum atomic E-state index is 5.90. The summed E-state index contributed by atoms with van der Waals surface area (Å²) in [5.41, 5.74) is 8.42. The van der Waals surface area contributed by atoms with Crippen LogP contribution in [0.4, 0.5) is 0 Å². The first-order valence-corrected chi connectivity index (χ1v) is 4.86. The lowest BCUT2D eigenvalue weighted by Crippen LogP contribution is -2.82. The van der Waals surface area contributed by atoms with Gasteiger partial charge < -0.3 is 5.73 Å². The molecule has 0 saturated carbocycles. The number of halogens is 2. The highest BCUT2D eigenvalue weighted by molar-refractivity contribution is 7.80. The molecule has 0 fully saturated rings. The lowest BCUT2D eigenvalue weighted by Gasteiger charge is -1.96. The van der Waals surface area contributed by atoms with Crippen LogP contribution >= 0.6 is 35.4 Å². The number of hydrazone groups is 1. The van der Waals surface area contributed by atoms with E-state index in [0.717, 1.165) is 0 Å². The normalized spacial score (nSPS) is 10.4. The minimum Gasteiger partial charge on any atom is -0.372 e. The molecular formula is C8H8Cl2N3S+. The summed E-state index contributed by atoms with van der Waals surface area (Å²) < 4.78 is 0. The third kappa shape index (κ3) is 3.14. The molecule has 0 heterocycles. The van der Waals surface area contributed by atoms with Crippen molar-refractivity contribution in [1.82, 2.24) is 5.43 Å². The fourth-order valence-corrected chi connectivity index (χ4v) is 1.39. The van der Waals surface area contributed by atoms with Crippen molar-refractivity contribution >= 4 is 46.7 Å². The molecule has 0 bridgehead atoms. The van der Waals surface area contributed by atoms with Crippen molar-refractivity contribution in [3.63, 3.8) is 0 Å². The summed E-state index contributed by atoms with van der Waals surface area (Å²) >= 11 is 16.4. The van der Waals surface area contributed by atoms with Crippen LogP contribution in [0.1, 0.15) is 5.56 Å². The molecule has 0 atom stereocenters. The number of thiocarbonyl (C=S) groups is 1. The van der Waals surface area contributed by atoms with Crippen LogP contribution in [0, 0.1) is 0 Å². The summed E-state index contributed by atoms with van der Waals surface area (Å²) in [6, 6.07) is 5.24. The lowest BCUT2D eigenvalue weighted by molar-refractivity contribution is -0.499. The molecule has 0 aliphatic rings. The molecule has 6 heteroatoms. The Labute approximate surface area is 96.9 Å². The van der Waals surface area contributed by atoms with Gasteiger partial charge in [0, 0.05) is 0 Å². The van der Waals surface area contributed by atoms with Gasteiger partial charge in [-0.2, -0.15) is 0 Å². The highest BCUT2D eigenvalue weighted by Crippen LogP contribution is 2.21. The predicted molar refractivity (Wildman–Crippen MR) is 62.5 cm³/mol. The van der Waals surface area contributed by atoms with Gasteiger partial charge in [-0.1, -0.05) is 29.3 Å². The molecule has 0 saturated heterocycles. The first-order chi connectivity index (χ1) is 6.61. The van der Waals surface area contributed by atoms with E-state index in [9.17, 15) is 0 Å². The Hall–Kier alpha value is -0.840. The van der Waals surface area contributed by atoms with E-state index in [4.69, 9.17) is 28.9 Å². The van der Waals surface area contributed by atoms with Crippen molar-refractivity contribution in [3.05, 3.63) is 33.8 Å². The molecule has 0 aliphatic heterocycles. The van der Waals surface area contributed by atoms with Crippen molar-refractivity contribution in [2.45, 2.75) is 0 Å². The Bertz CT molecular complexity index is 359. The van der Waals surface area contributed by atoms with Gasteiger partial charge in [-0.15, -0.1) is 10.5 Å². The fourth-order valence-electron chi connectivity index (χ4n) is 0.828. The Balaban J connectivity index is 2.85. The Morgan fingerprint density at radius 1 is 1.43 bits per heavy atom. The molecule has 1 aromatic carbocycles. The van der Waals surface area contributed by atoms with Crippen LogP contribution in [0.25, 0.3) is 0 Å². The molecule has 0 amide bonds. The molecule has 14 heavy (non-hydrogen) atoms. The number of rotatable bonds is 2. The average molecular weight is 249 g/mol. The molecule has 0 radical (unpaired) electrons. The van der Waals surface area contributed by atoms with Gasteiger partial charge in [-0.05, 0) is 24.4 Å². The predicted octanol–water partition coefficient (Wildman–Crippen LogP) is 0.241. The molecule has 74 valence electrons. The molecule has 0 unspecified atom stereocenters. The quantitative estimate of drug-likeness (QED) is 0.400. The van der Waals surface area contributed by atoms with E-state index in [-0.39, 0.29) is 5.11 Å².